The van der Waals surface area contributed by atoms with Gasteiger partial charge in [-0.05, 0) is 17.7 Å². The minimum atomic E-state index is -0.312. The van der Waals surface area contributed by atoms with E-state index in [1.807, 2.05) is 48.5 Å². The van der Waals surface area contributed by atoms with Crippen LogP contribution in [0.15, 0.2) is 65.2 Å². The molecule has 2 aromatic carbocycles. The molecule has 1 aromatic heterocycles. The Labute approximate surface area is 121 Å². The summed E-state index contributed by atoms with van der Waals surface area (Å²) in [7, 11) is 0. The van der Waals surface area contributed by atoms with Gasteiger partial charge in [-0.2, -0.15) is 0 Å². The van der Waals surface area contributed by atoms with Gasteiger partial charge >= 0.3 is 0 Å². The Bertz CT molecular complexity index is 851. The smallest absolute Gasteiger partial charge is 0.274 e. The number of benzene rings is 2. The quantitative estimate of drug-likeness (QED) is 0.724. The van der Waals surface area contributed by atoms with Crippen LogP contribution in [0.1, 0.15) is 11.3 Å². The Morgan fingerprint density at radius 3 is 2.62 bits per heavy atom. The fourth-order valence-corrected chi connectivity index (χ4v) is 2.16. The normalized spacial score (nSPS) is 11.7. The van der Waals surface area contributed by atoms with Crippen molar-refractivity contribution in [3.8, 4) is 0 Å². The lowest BCUT2D eigenvalue weighted by Crippen LogP contribution is -2.12. The van der Waals surface area contributed by atoms with Crippen molar-refractivity contribution in [2.75, 3.05) is 0 Å². The summed E-state index contributed by atoms with van der Waals surface area (Å²) in [4.78, 5) is 19.0. The first-order valence-corrected chi connectivity index (χ1v) is 6.65. The number of allylic oxidation sites excluding steroid dienone is 1. The lowest BCUT2D eigenvalue weighted by atomic mass is 10.1. The summed E-state index contributed by atoms with van der Waals surface area (Å²) in [6, 6.07) is 16.9. The molecule has 0 fully saturated rings. The van der Waals surface area contributed by atoms with Gasteiger partial charge in [0, 0.05) is 12.5 Å². The van der Waals surface area contributed by atoms with Gasteiger partial charge in [0.2, 0.25) is 0 Å². The topological polar surface area (TPSA) is 66.0 Å². The van der Waals surface area contributed by atoms with E-state index in [-0.39, 0.29) is 17.0 Å². The first-order valence-electron chi connectivity index (χ1n) is 6.65. The fraction of sp³-hybridized carbons (Fsp3) is 0.0588. The Morgan fingerprint density at radius 1 is 1.10 bits per heavy atom. The lowest BCUT2D eigenvalue weighted by molar-refractivity contribution is 0.404. The van der Waals surface area contributed by atoms with Crippen LogP contribution in [0.4, 0.5) is 0 Å². The zero-order valence-electron chi connectivity index (χ0n) is 11.3. The number of aliphatic hydroxyl groups excluding tert-OH is 1. The number of nitrogens with zero attached hydrogens (tertiary/aromatic N) is 1. The number of aromatic amines is 1. The van der Waals surface area contributed by atoms with Crippen molar-refractivity contribution in [1.82, 2.24) is 9.97 Å². The molecule has 104 valence electrons. The van der Waals surface area contributed by atoms with Gasteiger partial charge in [0.1, 0.15) is 5.69 Å². The second-order valence-corrected chi connectivity index (χ2v) is 4.77. The molecule has 4 nitrogen and oxygen atoms in total. The summed E-state index contributed by atoms with van der Waals surface area (Å²) >= 11 is 0. The van der Waals surface area contributed by atoms with E-state index in [9.17, 15) is 9.90 Å². The molecule has 0 spiro atoms. The molecule has 3 rings (SSSR count). The Kier molecular flexibility index (Phi) is 3.51. The summed E-state index contributed by atoms with van der Waals surface area (Å²) in [6.07, 6.45) is 1.78. The number of rotatable bonds is 3. The molecule has 0 atom stereocenters. The number of aromatic nitrogens is 2. The number of H-pyrrole nitrogens is 1. The minimum Gasteiger partial charge on any atom is -0.512 e. The van der Waals surface area contributed by atoms with Crippen molar-refractivity contribution in [3.63, 3.8) is 0 Å². The maximum atomic E-state index is 11.9. The summed E-state index contributed by atoms with van der Waals surface area (Å²) in [5.41, 5.74) is 2.25. The van der Waals surface area contributed by atoms with Crippen molar-refractivity contribution in [1.29, 1.82) is 0 Å². The third kappa shape index (κ3) is 3.00. The molecule has 0 saturated heterocycles. The summed E-state index contributed by atoms with van der Waals surface area (Å²) in [6.45, 7) is 0. The van der Waals surface area contributed by atoms with Crippen LogP contribution < -0.4 is 5.56 Å². The molecular weight excluding hydrogens is 264 g/mol. The molecule has 0 unspecified atom stereocenters. The number of aliphatic hydroxyl groups is 1. The highest BCUT2D eigenvalue weighted by Crippen LogP contribution is 2.10. The number of fused-ring (bicyclic) bond motifs is 1. The van der Waals surface area contributed by atoms with Crippen LogP contribution in [-0.4, -0.2) is 15.1 Å². The van der Waals surface area contributed by atoms with E-state index in [2.05, 4.69) is 9.97 Å². The molecule has 3 aromatic rings. The zero-order chi connectivity index (χ0) is 14.7. The van der Waals surface area contributed by atoms with E-state index in [1.54, 1.807) is 6.07 Å². The van der Waals surface area contributed by atoms with Crippen LogP contribution in [0.25, 0.3) is 17.1 Å². The first kappa shape index (κ1) is 13.1. The second-order valence-electron chi connectivity index (χ2n) is 4.77. The molecule has 0 amide bonds. The van der Waals surface area contributed by atoms with Crippen molar-refractivity contribution >= 4 is 17.1 Å². The molecule has 0 aliphatic heterocycles. The Hall–Kier alpha value is -2.88. The molecule has 2 N–H and O–H groups in total. The van der Waals surface area contributed by atoms with Gasteiger partial charge in [-0.3, -0.25) is 4.79 Å². The third-order valence-corrected chi connectivity index (χ3v) is 3.16. The Morgan fingerprint density at radius 2 is 1.81 bits per heavy atom. The van der Waals surface area contributed by atoms with E-state index in [4.69, 9.17) is 0 Å². The molecule has 0 aliphatic carbocycles. The number of hydrogen-bond acceptors (Lipinski definition) is 3. The monoisotopic (exact) mass is 278 g/mol. The van der Waals surface area contributed by atoms with Gasteiger partial charge in [-0.25, -0.2) is 4.98 Å². The van der Waals surface area contributed by atoms with Gasteiger partial charge in [0.05, 0.1) is 16.8 Å². The molecule has 0 saturated carbocycles. The molecule has 4 heteroatoms. The number of hydrogen-bond donors (Lipinski definition) is 2. The van der Waals surface area contributed by atoms with Gasteiger partial charge in [-0.15, -0.1) is 0 Å². The second kappa shape index (κ2) is 5.63. The van der Waals surface area contributed by atoms with Crippen molar-refractivity contribution in [2.45, 2.75) is 6.42 Å². The van der Waals surface area contributed by atoms with Crippen LogP contribution in [-0.2, 0) is 6.42 Å². The van der Waals surface area contributed by atoms with Crippen molar-refractivity contribution in [3.05, 3.63) is 82.0 Å². The lowest BCUT2D eigenvalue weighted by Gasteiger charge is -2.02. The zero-order valence-corrected chi connectivity index (χ0v) is 11.3. The summed E-state index contributed by atoms with van der Waals surface area (Å²) in [5, 5.41) is 10.0. The largest absolute Gasteiger partial charge is 0.512 e. The standard InChI is InChI=1S/C17H14N2O2/c20-13(10-12-6-2-1-3-7-12)11-16-17(21)19-15-9-5-4-8-14(15)18-16/h1-9,11,20H,10H2,(H,19,21)/b13-11-. The average molecular weight is 278 g/mol. The first-order chi connectivity index (χ1) is 10.2. The van der Waals surface area contributed by atoms with E-state index in [0.717, 1.165) is 5.56 Å². The van der Waals surface area contributed by atoms with E-state index in [1.165, 1.54) is 6.08 Å². The summed E-state index contributed by atoms with van der Waals surface area (Å²) in [5.74, 6) is 0.106. The van der Waals surface area contributed by atoms with Gasteiger partial charge in [-0.1, -0.05) is 42.5 Å². The van der Waals surface area contributed by atoms with Crippen LogP contribution in [0.5, 0.6) is 0 Å². The molecule has 21 heavy (non-hydrogen) atoms. The van der Waals surface area contributed by atoms with Gasteiger partial charge < -0.3 is 10.1 Å². The number of para-hydroxylation sites is 2. The van der Waals surface area contributed by atoms with Crippen LogP contribution in [0, 0.1) is 0 Å². The SMILES string of the molecule is O=c1[nH]c2ccccc2nc1/C=C(\O)Cc1ccccc1. The van der Waals surface area contributed by atoms with Crippen molar-refractivity contribution in [2.24, 2.45) is 0 Å². The van der Waals surface area contributed by atoms with Crippen molar-refractivity contribution < 1.29 is 5.11 Å². The van der Waals surface area contributed by atoms with Crippen LogP contribution >= 0.6 is 0 Å². The molecule has 0 aliphatic rings. The molecule has 1 heterocycles. The predicted octanol–water partition coefficient (Wildman–Crippen LogP) is 3.06. The third-order valence-electron chi connectivity index (χ3n) is 3.16. The fourth-order valence-electron chi connectivity index (χ4n) is 2.16. The van der Waals surface area contributed by atoms with Crippen LogP contribution in [0.2, 0.25) is 0 Å². The molecule has 0 bridgehead atoms. The van der Waals surface area contributed by atoms with Gasteiger partial charge in [0.25, 0.3) is 5.56 Å². The minimum absolute atomic E-state index is 0.106. The van der Waals surface area contributed by atoms with E-state index in [0.29, 0.717) is 17.5 Å². The van der Waals surface area contributed by atoms with E-state index < -0.39 is 0 Å². The average Bonchev–Trinajstić information content (AvgIpc) is 2.49. The molecule has 0 radical (unpaired) electrons. The maximum absolute atomic E-state index is 11.9. The predicted molar refractivity (Wildman–Crippen MR) is 83.1 cm³/mol. The summed E-state index contributed by atoms with van der Waals surface area (Å²) < 4.78 is 0. The highest BCUT2D eigenvalue weighted by Gasteiger charge is 2.04. The highest BCUT2D eigenvalue weighted by atomic mass is 16.3. The van der Waals surface area contributed by atoms with E-state index >= 15 is 0 Å². The maximum Gasteiger partial charge on any atom is 0.274 e. The highest BCUT2D eigenvalue weighted by molar-refractivity contribution is 5.74. The van der Waals surface area contributed by atoms with Crippen LogP contribution in [0.3, 0.4) is 0 Å². The van der Waals surface area contributed by atoms with Gasteiger partial charge in [0.15, 0.2) is 0 Å². The molecular formula is C17H14N2O2. The Balaban J connectivity index is 1.95. The number of nitrogens with one attached hydrogen (secondary N) is 1.